The Hall–Kier alpha value is -0.570. The number of nitrogens with one attached hydrogen (secondary N) is 1. The first-order valence-electron chi connectivity index (χ1n) is 4.21. The summed E-state index contributed by atoms with van der Waals surface area (Å²) >= 11 is 0. The van der Waals surface area contributed by atoms with Crippen LogP contribution in [0.5, 0.6) is 0 Å². The zero-order valence-corrected chi connectivity index (χ0v) is 6.47. The van der Waals surface area contributed by atoms with Crippen molar-refractivity contribution < 1.29 is 9.90 Å². The molecule has 0 radical (unpaired) electrons. The van der Waals surface area contributed by atoms with Crippen LogP contribution in [0.2, 0.25) is 0 Å². The van der Waals surface area contributed by atoms with Gasteiger partial charge in [-0.25, -0.2) is 0 Å². The Balaban J connectivity index is 2.10. The van der Waals surface area contributed by atoms with E-state index in [0.717, 1.165) is 32.2 Å². The van der Waals surface area contributed by atoms with Gasteiger partial charge in [0.05, 0.1) is 0 Å². The van der Waals surface area contributed by atoms with Crippen molar-refractivity contribution in [1.82, 2.24) is 5.32 Å². The van der Waals surface area contributed by atoms with Gasteiger partial charge >= 0.3 is 5.97 Å². The van der Waals surface area contributed by atoms with Crippen molar-refractivity contribution in [1.29, 1.82) is 0 Å². The Bertz CT molecular complexity index is 187. The minimum Gasteiger partial charge on any atom is -0.480 e. The lowest BCUT2D eigenvalue weighted by Gasteiger charge is -2.29. The van der Waals surface area contributed by atoms with E-state index in [0.29, 0.717) is 0 Å². The molecule has 1 heterocycles. The van der Waals surface area contributed by atoms with Crippen LogP contribution in [-0.2, 0) is 4.79 Å². The summed E-state index contributed by atoms with van der Waals surface area (Å²) in [7, 11) is 0. The Labute approximate surface area is 65.8 Å². The van der Waals surface area contributed by atoms with Gasteiger partial charge in [0.2, 0.25) is 0 Å². The van der Waals surface area contributed by atoms with Crippen LogP contribution in [0.25, 0.3) is 0 Å². The molecule has 2 aliphatic rings. The molecule has 1 saturated heterocycles. The summed E-state index contributed by atoms with van der Waals surface area (Å²) in [5.74, 6) is -0.665. The number of carboxylic acids is 1. The number of hydrogen-bond donors (Lipinski definition) is 2. The fraction of sp³-hybridized carbons (Fsp3) is 0.875. The van der Waals surface area contributed by atoms with Crippen LogP contribution < -0.4 is 5.32 Å². The normalized spacial score (nSPS) is 33.6. The molecule has 2 rings (SSSR count). The Morgan fingerprint density at radius 3 is 2.64 bits per heavy atom. The third-order valence-corrected chi connectivity index (χ3v) is 2.95. The highest BCUT2D eigenvalue weighted by atomic mass is 16.4. The number of piperidine rings is 1. The van der Waals surface area contributed by atoms with E-state index < -0.39 is 5.97 Å². The molecule has 62 valence electrons. The summed E-state index contributed by atoms with van der Waals surface area (Å²) in [5.41, 5.74) is 0.157. The summed E-state index contributed by atoms with van der Waals surface area (Å²) in [5, 5.41) is 11.9. The molecule has 3 nitrogen and oxygen atoms in total. The van der Waals surface area contributed by atoms with Gasteiger partial charge in [-0.05, 0) is 37.6 Å². The van der Waals surface area contributed by atoms with Gasteiger partial charge in [0.15, 0.2) is 0 Å². The van der Waals surface area contributed by atoms with Gasteiger partial charge in [0.25, 0.3) is 0 Å². The zero-order valence-electron chi connectivity index (χ0n) is 6.47. The van der Waals surface area contributed by atoms with Gasteiger partial charge in [0, 0.05) is 0 Å². The average Bonchev–Trinajstić information content (AvgIpc) is 2.70. The fourth-order valence-electron chi connectivity index (χ4n) is 2.10. The van der Waals surface area contributed by atoms with Crippen LogP contribution in [0.15, 0.2) is 0 Å². The molecule has 1 aliphatic heterocycles. The average molecular weight is 155 g/mol. The molecule has 1 spiro atoms. The van der Waals surface area contributed by atoms with Gasteiger partial charge in [-0.15, -0.1) is 0 Å². The third-order valence-electron chi connectivity index (χ3n) is 2.95. The molecule has 1 saturated carbocycles. The van der Waals surface area contributed by atoms with E-state index in [1.54, 1.807) is 0 Å². The van der Waals surface area contributed by atoms with E-state index in [1.807, 2.05) is 0 Å². The molecule has 0 amide bonds. The fourth-order valence-corrected chi connectivity index (χ4v) is 2.10. The second-order valence-corrected chi connectivity index (χ2v) is 3.69. The van der Waals surface area contributed by atoms with Gasteiger partial charge in [-0.3, -0.25) is 4.79 Å². The summed E-state index contributed by atoms with van der Waals surface area (Å²) in [6.45, 7) is 0.874. The lowest BCUT2D eigenvalue weighted by atomic mass is 9.88. The molecule has 0 aromatic rings. The van der Waals surface area contributed by atoms with E-state index in [9.17, 15) is 4.79 Å². The molecule has 1 unspecified atom stereocenters. The van der Waals surface area contributed by atoms with Crippen LogP contribution in [-0.4, -0.2) is 23.7 Å². The molecule has 1 aliphatic carbocycles. The molecule has 0 bridgehead atoms. The van der Waals surface area contributed by atoms with Crippen molar-refractivity contribution in [2.24, 2.45) is 5.41 Å². The minimum atomic E-state index is -0.665. The summed E-state index contributed by atoms with van der Waals surface area (Å²) in [6.07, 6.45) is 4.47. The molecule has 0 aromatic heterocycles. The van der Waals surface area contributed by atoms with Crippen LogP contribution in [0.1, 0.15) is 25.7 Å². The smallest absolute Gasteiger partial charge is 0.321 e. The lowest BCUT2D eigenvalue weighted by Crippen LogP contribution is -2.48. The first-order valence-corrected chi connectivity index (χ1v) is 4.21. The maximum absolute atomic E-state index is 10.7. The first-order chi connectivity index (χ1) is 5.25. The van der Waals surface area contributed by atoms with E-state index in [-0.39, 0.29) is 11.5 Å². The quantitative estimate of drug-likeness (QED) is 0.583. The van der Waals surface area contributed by atoms with Crippen molar-refractivity contribution in [3.05, 3.63) is 0 Å². The maximum atomic E-state index is 10.7. The monoisotopic (exact) mass is 155 g/mol. The molecule has 2 fully saturated rings. The van der Waals surface area contributed by atoms with Gasteiger partial charge in [-0.2, -0.15) is 0 Å². The topological polar surface area (TPSA) is 49.3 Å². The van der Waals surface area contributed by atoms with E-state index in [1.165, 1.54) is 0 Å². The van der Waals surface area contributed by atoms with E-state index in [4.69, 9.17) is 5.11 Å². The predicted octanol–water partition coefficient (Wildman–Crippen LogP) is 0.603. The van der Waals surface area contributed by atoms with Crippen molar-refractivity contribution >= 4 is 5.97 Å². The molecule has 3 heteroatoms. The largest absolute Gasteiger partial charge is 0.480 e. The van der Waals surface area contributed by atoms with Crippen LogP contribution >= 0.6 is 0 Å². The molecular weight excluding hydrogens is 142 g/mol. The van der Waals surface area contributed by atoms with Crippen molar-refractivity contribution in [3.63, 3.8) is 0 Å². The summed E-state index contributed by atoms with van der Waals surface area (Å²) in [6, 6.07) is -0.253. The molecule has 11 heavy (non-hydrogen) atoms. The Morgan fingerprint density at radius 1 is 1.45 bits per heavy atom. The van der Waals surface area contributed by atoms with Crippen LogP contribution in [0, 0.1) is 5.41 Å². The predicted molar refractivity (Wildman–Crippen MR) is 40.3 cm³/mol. The van der Waals surface area contributed by atoms with Gasteiger partial charge in [0.1, 0.15) is 6.04 Å². The van der Waals surface area contributed by atoms with Crippen LogP contribution in [0.3, 0.4) is 0 Å². The standard InChI is InChI=1S/C8H13NO2/c10-7(11)6-8(3-4-8)2-1-5-9-6/h6,9H,1-5H2,(H,10,11). The lowest BCUT2D eigenvalue weighted by molar-refractivity contribution is -0.142. The second kappa shape index (κ2) is 2.21. The number of carbonyl (C=O) groups is 1. The highest BCUT2D eigenvalue weighted by Crippen LogP contribution is 2.53. The number of aliphatic carboxylic acids is 1. The zero-order chi connectivity index (χ0) is 7.90. The first kappa shape index (κ1) is 7.10. The molecule has 1 atom stereocenters. The van der Waals surface area contributed by atoms with E-state index >= 15 is 0 Å². The third kappa shape index (κ3) is 1.03. The van der Waals surface area contributed by atoms with Crippen molar-refractivity contribution in [2.45, 2.75) is 31.7 Å². The minimum absolute atomic E-state index is 0.157. The van der Waals surface area contributed by atoms with Crippen LogP contribution in [0.4, 0.5) is 0 Å². The van der Waals surface area contributed by atoms with E-state index in [2.05, 4.69) is 5.32 Å². The molecular formula is C8H13NO2. The van der Waals surface area contributed by atoms with Gasteiger partial charge in [-0.1, -0.05) is 0 Å². The number of hydrogen-bond acceptors (Lipinski definition) is 2. The SMILES string of the molecule is O=C(O)C1NCCCC12CC2. The van der Waals surface area contributed by atoms with Crippen molar-refractivity contribution in [2.75, 3.05) is 6.54 Å². The number of rotatable bonds is 1. The summed E-state index contributed by atoms with van der Waals surface area (Å²) < 4.78 is 0. The molecule has 0 aromatic carbocycles. The highest BCUT2D eigenvalue weighted by Gasteiger charge is 2.53. The molecule has 2 N–H and O–H groups in total. The second-order valence-electron chi connectivity index (χ2n) is 3.69. The summed E-state index contributed by atoms with van der Waals surface area (Å²) in [4.78, 5) is 10.7. The highest BCUT2D eigenvalue weighted by molar-refractivity contribution is 5.75. The van der Waals surface area contributed by atoms with Crippen molar-refractivity contribution in [3.8, 4) is 0 Å². The Kier molecular flexibility index (Phi) is 1.42. The van der Waals surface area contributed by atoms with Gasteiger partial charge < -0.3 is 10.4 Å². The number of carboxylic acid groups (broad SMARTS) is 1. The maximum Gasteiger partial charge on any atom is 0.321 e. The Morgan fingerprint density at radius 2 is 2.18 bits per heavy atom.